The van der Waals surface area contributed by atoms with Crippen molar-refractivity contribution in [3.63, 3.8) is 0 Å². The first-order valence-corrected chi connectivity index (χ1v) is 6.48. The molecule has 0 atom stereocenters. The molecule has 1 heterocycles. The highest BCUT2D eigenvalue weighted by Crippen LogP contribution is 2.37. The Morgan fingerprint density at radius 3 is 2.70 bits per heavy atom. The molecule has 0 bridgehead atoms. The van der Waals surface area contributed by atoms with Crippen molar-refractivity contribution in [1.82, 2.24) is 4.98 Å². The van der Waals surface area contributed by atoms with Crippen LogP contribution in [0.1, 0.15) is 10.4 Å². The van der Waals surface area contributed by atoms with Crippen molar-refractivity contribution in [2.45, 2.75) is 9.92 Å². The van der Waals surface area contributed by atoms with Crippen molar-refractivity contribution < 1.29 is 14.8 Å². The van der Waals surface area contributed by atoms with Gasteiger partial charge in [0.25, 0.3) is 5.69 Å². The van der Waals surface area contributed by atoms with Crippen LogP contribution in [-0.4, -0.2) is 21.0 Å². The predicted octanol–water partition coefficient (Wildman–Crippen LogP) is 3.49. The van der Waals surface area contributed by atoms with E-state index in [1.165, 1.54) is 0 Å². The largest absolute Gasteiger partial charge is 0.478 e. The molecule has 1 aromatic heterocycles. The summed E-state index contributed by atoms with van der Waals surface area (Å²) in [6.45, 7) is 0. The van der Waals surface area contributed by atoms with E-state index in [1.807, 2.05) is 0 Å². The van der Waals surface area contributed by atoms with Gasteiger partial charge >= 0.3 is 5.97 Å². The van der Waals surface area contributed by atoms with E-state index in [1.54, 1.807) is 24.4 Å². The van der Waals surface area contributed by atoms with Gasteiger partial charge in [0.05, 0.1) is 15.5 Å². The van der Waals surface area contributed by atoms with Crippen LogP contribution in [0.5, 0.6) is 0 Å². The van der Waals surface area contributed by atoms with Gasteiger partial charge in [-0.2, -0.15) is 0 Å². The average molecular weight is 311 g/mol. The van der Waals surface area contributed by atoms with Crippen molar-refractivity contribution >= 4 is 35.0 Å². The molecule has 0 amide bonds. The lowest BCUT2D eigenvalue weighted by molar-refractivity contribution is -0.384. The van der Waals surface area contributed by atoms with E-state index >= 15 is 0 Å². The molecule has 2 aromatic rings. The molecule has 0 aliphatic carbocycles. The van der Waals surface area contributed by atoms with Crippen LogP contribution in [0.4, 0.5) is 5.69 Å². The second-order valence-electron chi connectivity index (χ2n) is 3.64. The molecule has 1 N–H and O–H groups in total. The number of halogens is 1. The molecule has 0 saturated heterocycles. The Hall–Kier alpha value is -2.12. The van der Waals surface area contributed by atoms with Gasteiger partial charge in [0, 0.05) is 23.2 Å². The van der Waals surface area contributed by atoms with E-state index in [-0.39, 0.29) is 21.2 Å². The van der Waals surface area contributed by atoms with E-state index in [0.29, 0.717) is 5.03 Å². The zero-order chi connectivity index (χ0) is 14.7. The molecule has 102 valence electrons. The van der Waals surface area contributed by atoms with Gasteiger partial charge in [0.1, 0.15) is 5.03 Å². The topological polar surface area (TPSA) is 93.3 Å². The number of nitrogens with zero attached hydrogens (tertiary/aromatic N) is 2. The molecular weight excluding hydrogens is 304 g/mol. The molecule has 0 saturated carbocycles. The van der Waals surface area contributed by atoms with Crippen molar-refractivity contribution in [3.8, 4) is 0 Å². The third-order valence-electron chi connectivity index (χ3n) is 2.31. The van der Waals surface area contributed by atoms with E-state index in [2.05, 4.69) is 4.98 Å². The van der Waals surface area contributed by atoms with Gasteiger partial charge in [-0.15, -0.1) is 0 Å². The zero-order valence-corrected chi connectivity index (χ0v) is 11.4. The SMILES string of the molecule is O=C(O)c1cc([N+](=O)[O-])cc(Cl)c1Sc1ccccn1. The van der Waals surface area contributed by atoms with E-state index in [0.717, 1.165) is 23.9 Å². The first-order chi connectivity index (χ1) is 9.49. The molecule has 0 aliphatic rings. The van der Waals surface area contributed by atoms with Gasteiger partial charge in [-0.05, 0) is 12.1 Å². The number of hydrogen-bond donors (Lipinski definition) is 1. The highest BCUT2D eigenvalue weighted by atomic mass is 35.5. The van der Waals surface area contributed by atoms with Crippen LogP contribution in [0.3, 0.4) is 0 Å². The monoisotopic (exact) mass is 310 g/mol. The summed E-state index contributed by atoms with van der Waals surface area (Å²) in [5.41, 5.74) is -0.586. The van der Waals surface area contributed by atoms with E-state index in [9.17, 15) is 14.9 Å². The minimum Gasteiger partial charge on any atom is -0.478 e. The first-order valence-electron chi connectivity index (χ1n) is 5.29. The quantitative estimate of drug-likeness (QED) is 0.686. The predicted molar refractivity (Wildman–Crippen MR) is 73.4 cm³/mol. The second-order valence-corrected chi connectivity index (χ2v) is 5.07. The number of nitro benzene ring substituents is 1. The van der Waals surface area contributed by atoms with Gasteiger partial charge in [-0.25, -0.2) is 9.78 Å². The van der Waals surface area contributed by atoms with Gasteiger partial charge in [0.15, 0.2) is 0 Å². The summed E-state index contributed by atoms with van der Waals surface area (Å²) in [5, 5.41) is 20.4. The fraction of sp³-hybridized carbons (Fsp3) is 0. The molecule has 1 aromatic carbocycles. The summed E-state index contributed by atoms with van der Waals surface area (Å²) in [6.07, 6.45) is 1.56. The summed E-state index contributed by atoms with van der Waals surface area (Å²) >= 11 is 7.00. The molecule has 0 unspecified atom stereocenters. The van der Waals surface area contributed by atoms with Crippen LogP contribution in [0.2, 0.25) is 5.02 Å². The molecular formula is C12H7ClN2O4S. The fourth-order valence-corrected chi connectivity index (χ4v) is 2.67. The summed E-state index contributed by atoms with van der Waals surface area (Å²) in [7, 11) is 0. The third-order valence-corrected chi connectivity index (χ3v) is 3.82. The number of aromatic nitrogens is 1. The highest BCUT2D eigenvalue weighted by Gasteiger charge is 2.21. The standard InChI is InChI=1S/C12H7ClN2O4S/c13-9-6-7(15(18)19)5-8(12(16)17)11(9)20-10-3-1-2-4-14-10/h1-6H,(H,16,17). The van der Waals surface area contributed by atoms with Gasteiger partial charge in [-0.3, -0.25) is 10.1 Å². The number of carboxylic acids is 1. The maximum absolute atomic E-state index is 11.2. The Morgan fingerprint density at radius 1 is 1.40 bits per heavy atom. The molecule has 2 rings (SSSR count). The lowest BCUT2D eigenvalue weighted by Crippen LogP contribution is -2.01. The summed E-state index contributed by atoms with van der Waals surface area (Å²) in [4.78, 5) is 25.5. The lowest BCUT2D eigenvalue weighted by atomic mass is 10.2. The number of hydrogen-bond acceptors (Lipinski definition) is 5. The van der Waals surface area contributed by atoms with Crippen molar-refractivity contribution in [2.75, 3.05) is 0 Å². The molecule has 8 heteroatoms. The number of aromatic carboxylic acids is 1. The molecule has 0 radical (unpaired) electrons. The summed E-state index contributed by atoms with van der Waals surface area (Å²) in [6, 6.07) is 7.27. The Kier molecular flexibility index (Phi) is 4.21. The summed E-state index contributed by atoms with van der Waals surface area (Å²) in [5.74, 6) is -1.28. The van der Waals surface area contributed by atoms with Crippen LogP contribution >= 0.6 is 23.4 Å². The van der Waals surface area contributed by atoms with Crippen LogP contribution in [0.15, 0.2) is 46.5 Å². The van der Waals surface area contributed by atoms with Crippen LogP contribution in [0, 0.1) is 10.1 Å². The van der Waals surface area contributed by atoms with Gasteiger partial charge < -0.3 is 5.11 Å². The zero-order valence-electron chi connectivity index (χ0n) is 9.82. The van der Waals surface area contributed by atoms with Crippen LogP contribution in [0.25, 0.3) is 0 Å². The van der Waals surface area contributed by atoms with E-state index in [4.69, 9.17) is 16.7 Å². The molecule has 6 nitrogen and oxygen atoms in total. The third kappa shape index (κ3) is 3.06. The average Bonchev–Trinajstić information content (AvgIpc) is 2.41. The van der Waals surface area contributed by atoms with Crippen molar-refractivity contribution in [2.24, 2.45) is 0 Å². The molecule has 0 spiro atoms. The number of carboxylic acid groups (broad SMARTS) is 1. The van der Waals surface area contributed by atoms with Crippen molar-refractivity contribution in [3.05, 3.63) is 57.2 Å². The first kappa shape index (κ1) is 14.3. The number of rotatable bonds is 4. The van der Waals surface area contributed by atoms with E-state index < -0.39 is 10.9 Å². The number of non-ortho nitro benzene ring substituents is 1. The smallest absolute Gasteiger partial charge is 0.337 e. The number of pyridine rings is 1. The van der Waals surface area contributed by atoms with Crippen LogP contribution < -0.4 is 0 Å². The normalized spacial score (nSPS) is 10.2. The Balaban J connectivity index is 2.51. The van der Waals surface area contributed by atoms with Gasteiger partial charge in [0.2, 0.25) is 0 Å². The lowest BCUT2D eigenvalue weighted by Gasteiger charge is -2.07. The highest BCUT2D eigenvalue weighted by molar-refractivity contribution is 7.99. The number of carbonyl (C=O) groups is 1. The Morgan fingerprint density at radius 2 is 2.15 bits per heavy atom. The number of benzene rings is 1. The molecule has 0 aliphatic heterocycles. The minimum atomic E-state index is -1.28. The number of nitro groups is 1. The molecule has 20 heavy (non-hydrogen) atoms. The summed E-state index contributed by atoms with van der Waals surface area (Å²) < 4.78 is 0. The maximum Gasteiger partial charge on any atom is 0.337 e. The second kappa shape index (κ2) is 5.89. The van der Waals surface area contributed by atoms with Gasteiger partial charge in [-0.1, -0.05) is 29.4 Å². The van der Waals surface area contributed by atoms with Crippen molar-refractivity contribution in [1.29, 1.82) is 0 Å². The Bertz CT molecular complexity index is 679. The Labute approximate surface area is 122 Å². The minimum absolute atomic E-state index is 0.00672. The van der Waals surface area contributed by atoms with Crippen LogP contribution in [-0.2, 0) is 0 Å². The molecule has 0 fully saturated rings. The maximum atomic E-state index is 11.2. The fourth-order valence-electron chi connectivity index (χ4n) is 1.46.